The van der Waals surface area contributed by atoms with Crippen LogP contribution in [0.4, 0.5) is 0 Å². The number of rotatable bonds is 0. The van der Waals surface area contributed by atoms with Gasteiger partial charge in [-0.15, -0.1) is 24.0 Å². The summed E-state index contributed by atoms with van der Waals surface area (Å²) in [6, 6.07) is 0. The van der Waals surface area contributed by atoms with E-state index in [9.17, 15) is 0 Å². The SMILES string of the molecule is C1C2CC3CC1CC(C2)C3.I. The number of halogens is 1. The van der Waals surface area contributed by atoms with E-state index in [-0.39, 0.29) is 24.0 Å². The van der Waals surface area contributed by atoms with Crippen LogP contribution in [0.1, 0.15) is 38.5 Å². The zero-order valence-corrected chi connectivity index (χ0v) is 9.29. The molecule has 0 unspecified atom stereocenters. The molecule has 4 fully saturated rings. The molecule has 0 amide bonds. The lowest BCUT2D eigenvalue weighted by molar-refractivity contribution is 0.0198. The zero-order valence-electron chi connectivity index (χ0n) is 6.96. The van der Waals surface area contributed by atoms with Crippen LogP contribution in [0.2, 0.25) is 0 Å². The second-order valence-corrected chi connectivity index (χ2v) is 4.88. The minimum absolute atomic E-state index is 0. The molecule has 0 nitrogen and oxygen atoms in total. The summed E-state index contributed by atoms with van der Waals surface area (Å²) >= 11 is 0. The Morgan fingerprint density at radius 3 is 0.818 bits per heavy atom. The molecule has 0 atom stereocenters. The predicted molar refractivity (Wildman–Crippen MR) is 57.1 cm³/mol. The van der Waals surface area contributed by atoms with Crippen LogP contribution in [0.15, 0.2) is 0 Å². The second-order valence-electron chi connectivity index (χ2n) is 4.88. The first-order chi connectivity index (χ1) is 4.90. The lowest BCUT2D eigenvalue weighted by atomic mass is 9.56. The molecule has 4 saturated carbocycles. The van der Waals surface area contributed by atoms with Crippen molar-refractivity contribution in [2.75, 3.05) is 0 Å². The smallest absolute Gasteiger partial charge is 0.0406 e. The molecule has 0 radical (unpaired) electrons. The van der Waals surface area contributed by atoms with Crippen molar-refractivity contribution in [1.82, 2.24) is 0 Å². The van der Waals surface area contributed by atoms with Gasteiger partial charge in [0.25, 0.3) is 0 Å². The minimum atomic E-state index is 0. The van der Waals surface area contributed by atoms with Gasteiger partial charge in [0, 0.05) is 0 Å². The molecule has 0 aromatic rings. The third-order valence-corrected chi connectivity index (χ3v) is 4.00. The Bertz CT molecular complexity index is 96.4. The highest BCUT2D eigenvalue weighted by Gasteiger charge is 2.41. The fourth-order valence-electron chi connectivity index (χ4n) is 3.98. The monoisotopic (exact) mass is 264 g/mol. The summed E-state index contributed by atoms with van der Waals surface area (Å²) in [5.74, 6) is 4.71. The van der Waals surface area contributed by atoms with Crippen LogP contribution in [0.25, 0.3) is 0 Å². The minimum Gasteiger partial charge on any atom is -0.107 e. The van der Waals surface area contributed by atoms with Gasteiger partial charge in [-0.25, -0.2) is 0 Å². The van der Waals surface area contributed by atoms with Crippen molar-refractivity contribution < 1.29 is 0 Å². The average molecular weight is 264 g/mol. The molecule has 4 aliphatic rings. The van der Waals surface area contributed by atoms with Gasteiger partial charge in [0.15, 0.2) is 0 Å². The Kier molecular flexibility index (Phi) is 2.19. The lowest BCUT2D eigenvalue weighted by Crippen LogP contribution is -2.38. The number of hydrogen-bond acceptors (Lipinski definition) is 0. The first-order valence-electron chi connectivity index (χ1n) is 4.90. The van der Waals surface area contributed by atoms with E-state index in [0.717, 1.165) is 0 Å². The molecule has 0 aliphatic heterocycles. The maximum absolute atomic E-state index is 1.60. The van der Waals surface area contributed by atoms with Gasteiger partial charge in [0.1, 0.15) is 0 Å². The zero-order chi connectivity index (χ0) is 6.55. The number of hydrogen-bond donors (Lipinski definition) is 0. The molecule has 0 N–H and O–H groups in total. The summed E-state index contributed by atoms with van der Waals surface area (Å²) in [7, 11) is 0. The van der Waals surface area contributed by atoms with Crippen molar-refractivity contribution in [3.05, 3.63) is 0 Å². The normalized spacial score (nSPS) is 52.4. The largest absolute Gasteiger partial charge is 0.107 e. The Morgan fingerprint density at radius 2 is 0.636 bits per heavy atom. The lowest BCUT2D eigenvalue weighted by Gasteiger charge is -2.49. The summed E-state index contributed by atoms with van der Waals surface area (Å²) < 4.78 is 0. The van der Waals surface area contributed by atoms with E-state index in [1.165, 1.54) is 23.7 Å². The Labute approximate surface area is 86.2 Å². The topological polar surface area (TPSA) is 0 Å². The van der Waals surface area contributed by atoms with E-state index >= 15 is 0 Å². The van der Waals surface area contributed by atoms with Crippen LogP contribution < -0.4 is 0 Å². The molecule has 4 bridgehead atoms. The van der Waals surface area contributed by atoms with Crippen LogP contribution in [-0.2, 0) is 0 Å². The third-order valence-electron chi connectivity index (χ3n) is 4.00. The quantitative estimate of drug-likeness (QED) is 0.588. The molecule has 1 heteroatoms. The maximum atomic E-state index is 1.60. The van der Waals surface area contributed by atoms with E-state index in [1.807, 2.05) is 0 Å². The molecule has 11 heavy (non-hydrogen) atoms. The van der Waals surface area contributed by atoms with Gasteiger partial charge < -0.3 is 0 Å². The fraction of sp³-hybridized carbons (Fsp3) is 1.00. The second kappa shape index (κ2) is 2.90. The molecular formula is C10H17I. The maximum Gasteiger partial charge on any atom is -0.0406 e. The molecule has 4 rings (SSSR count). The van der Waals surface area contributed by atoms with Crippen molar-refractivity contribution in [2.45, 2.75) is 38.5 Å². The molecule has 0 aromatic heterocycles. The van der Waals surface area contributed by atoms with Crippen molar-refractivity contribution >= 4 is 24.0 Å². The average Bonchev–Trinajstić information content (AvgIpc) is 1.82. The van der Waals surface area contributed by atoms with Gasteiger partial charge in [-0.2, -0.15) is 0 Å². The molecule has 0 heterocycles. The van der Waals surface area contributed by atoms with Gasteiger partial charge in [-0.1, -0.05) is 0 Å². The van der Waals surface area contributed by atoms with E-state index < -0.39 is 0 Å². The standard InChI is InChI=1S/C10H16.HI/c1-7-2-9-4-8(1)5-10(3-7)6-9;/h7-10H,1-6H2;1H. The molecule has 0 saturated heterocycles. The highest BCUT2D eigenvalue weighted by Crippen LogP contribution is 2.53. The van der Waals surface area contributed by atoms with Crippen molar-refractivity contribution in [3.8, 4) is 0 Å². The molecule has 64 valence electrons. The van der Waals surface area contributed by atoms with Gasteiger partial charge in [-0.3, -0.25) is 0 Å². The Hall–Kier alpha value is 0.730. The van der Waals surface area contributed by atoms with Crippen LogP contribution in [-0.4, -0.2) is 0 Å². The van der Waals surface area contributed by atoms with Gasteiger partial charge in [0.2, 0.25) is 0 Å². The van der Waals surface area contributed by atoms with Crippen molar-refractivity contribution in [1.29, 1.82) is 0 Å². The summed E-state index contributed by atoms with van der Waals surface area (Å²) in [5.41, 5.74) is 0. The highest BCUT2D eigenvalue weighted by atomic mass is 127. The molecule has 0 aromatic carbocycles. The first kappa shape index (κ1) is 8.33. The summed E-state index contributed by atoms with van der Waals surface area (Å²) in [4.78, 5) is 0. The van der Waals surface area contributed by atoms with E-state index in [4.69, 9.17) is 0 Å². The van der Waals surface area contributed by atoms with E-state index in [1.54, 1.807) is 38.5 Å². The Morgan fingerprint density at radius 1 is 0.455 bits per heavy atom. The molecular weight excluding hydrogens is 247 g/mol. The van der Waals surface area contributed by atoms with Gasteiger partial charge in [-0.05, 0) is 62.2 Å². The van der Waals surface area contributed by atoms with Crippen LogP contribution in [0.5, 0.6) is 0 Å². The van der Waals surface area contributed by atoms with Crippen molar-refractivity contribution in [2.24, 2.45) is 23.7 Å². The molecule has 0 spiro atoms. The fourth-order valence-corrected chi connectivity index (χ4v) is 3.98. The van der Waals surface area contributed by atoms with Gasteiger partial charge >= 0.3 is 0 Å². The van der Waals surface area contributed by atoms with E-state index in [2.05, 4.69) is 0 Å². The van der Waals surface area contributed by atoms with Crippen LogP contribution in [0.3, 0.4) is 0 Å². The van der Waals surface area contributed by atoms with Gasteiger partial charge in [0.05, 0.1) is 0 Å². The summed E-state index contributed by atoms with van der Waals surface area (Å²) in [6.45, 7) is 0. The van der Waals surface area contributed by atoms with Crippen LogP contribution >= 0.6 is 24.0 Å². The van der Waals surface area contributed by atoms with Crippen molar-refractivity contribution in [3.63, 3.8) is 0 Å². The highest BCUT2D eigenvalue weighted by molar-refractivity contribution is 14.0. The Balaban J connectivity index is 0.000000480. The summed E-state index contributed by atoms with van der Waals surface area (Å²) in [6.07, 6.45) is 9.62. The summed E-state index contributed by atoms with van der Waals surface area (Å²) in [5, 5.41) is 0. The third kappa shape index (κ3) is 1.34. The molecule has 4 aliphatic carbocycles. The first-order valence-corrected chi connectivity index (χ1v) is 4.90. The predicted octanol–water partition coefficient (Wildman–Crippen LogP) is 3.45. The van der Waals surface area contributed by atoms with Crippen LogP contribution in [0, 0.1) is 23.7 Å². The van der Waals surface area contributed by atoms with E-state index in [0.29, 0.717) is 0 Å².